The van der Waals surface area contributed by atoms with Crippen LogP contribution in [0, 0.1) is 0 Å². The monoisotopic (exact) mass is 283 g/mol. The number of sulfonamides is 1. The van der Waals surface area contributed by atoms with Crippen LogP contribution >= 0.6 is 0 Å². The molecule has 6 nitrogen and oxygen atoms in total. The highest BCUT2D eigenvalue weighted by molar-refractivity contribution is 7.89. The van der Waals surface area contributed by atoms with Crippen LogP contribution in [0.25, 0.3) is 0 Å². The largest absolute Gasteiger partial charge is 0.387 e. The molecule has 2 aliphatic rings. The molecule has 3 rings (SSSR count). The van der Waals surface area contributed by atoms with E-state index in [0.717, 1.165) is 12.8 Å². The molecule has 0 saturated carbocycles. The van der Waals surface area contributed by atoms with Gasteiger partial charge in [-0.2, -0.15) is 4.31 Å². The maximum absolute atomic E-state index is 12.7. The molecule has 2 saturated heterocycles. The van der Waals surface area contributed by atoms with E-state index in [0.29, 0.717) is 18.8 Å². The smallest absolute Gasteiger partial charge is 0.246 e. The molecule has 3 heterocycles. The topological polar surface area (TPSA) is 71.5 Å². The lowest BCUT2D eigenvalue weighted by molar-refractivity contribution is -0.0114. The van der Waals surface area contributed by atoms with Crippen LogP contribution in [0.15, 0.2) is 23.4 Å². The van der Waals surface area contributed by atoms with Crippen molar-refractivity contribution in [2.45, 2.75) is 29.9 Å². The number of hydrogen-bond acceptors (Lipinski definition) is 5. The average molecular weight is 283 g/mol. The molecule has 7 heteroatoms. The van der Waals surface area contributed by atoms with Crippen LogP contribution in [-0.2, 0) is 14.8 Å². The van der Waals surface area contributed by atoms with Gasteiger partial charge in [0.1, 0.15) is 4.90 Å². The summed E-state index contributed by atoms with van der Waals surface area (Å²) in [5, 5.41) is 2.90. The number of rotatable bonds is 3. The minimum atomic E-state index is -3.50. The first kappa shape index (κ1) is 12.8. The number of fused-ring (bicyclic) bond motifs is 2. The number of nitrogens with zero attached hydrogens (tertiary/aromatic N) is 2. The van der Waals surface area contributed by atoms with E-state index in [9.17, 15) is 8.42 Å². The van der Waals surface area contributed by atoms with Gasteiger partial charge >= 0.3 is 0 Å². The van der Waals surface area contributed by atoms with E-state index in [4.69, 9.17) is 4.74 Å². The van der Waals surface area contributed by atoms with Gasteiger partial charge in [-0.05, 0) is 18.9 Å². The number of morpholine rings is 1. The second-order valence-electron chi connectivity index (χ2n) is 4.90. The number of anilines is 1. The number of nitrogens with one attached hydrogen (secondary N) is 1. The van der Waals surface area contributed by atoms with Crippen molar-refractivity contribution in [2.75, 3.05) is 25.5 Å². The number of ether oxygens (including phenoxy) is 1. The third-order valence-electron chi connectivity index (χ3n) is 3.68. The van der Waals surface area contributed by atoms with Gasteiger partial charge in [-0.3, -0.25) is 4.98 Å². The SMILES string of the molecule is CNc1ccncc1S(=O)(=O)N1CC2CCC(C1)O2. The third kappa shape index (κ3) is 2.22. The molecule has 0 spiro atoms. The van der Waals surface area contributed by atoms with E-state index in [2.05, 4.69) is 10.3 Å². The predicted molar refractivity (Wildman–Crippen MR) is 70.4 cm³/mol. The summed E-state index contributed by atoms with van der Waals surface area (Å²) in [5.74, 6) is 0. The Morgan fingerprint density at radius 2 is 2.05 bits per heavy atom. The highest BCUT2D eigenvalue weighted by Gasteiger charge is 2.40. The highest BCUT2D eigenvalue weighted by atomic mass is 32.2. The van der Waals surface area contributed by atoms with Gasteiger partial charge in [0.25, 0.3) is 0 Å². The summed E-state index contributed by atoms with van der Waals surface area (Å²) in [6.45, 7) is 0.883. The van der Waals surface area contributed by atoms with Gasteiger partial charge in [-0.25, -0.2) is 8.42 Å². The lowest BCUT2D eigenvalue weighted by atomic mass is 10.2. The molecule has 2 atom stereocenters. The molecule has 0 aliphatic carbocycles. The van der Waals surface area contributed by atoms with E-state index in [1.807, 2.05) is 0 Å². The Bertz CT molecular complexity index is 563. The van der Waals surface area contributed by atoms with Crippen molar-refractivity contribution in [3.8, 4) is 0 Å². The molecule has 19 heavy (non-hydrogen) atoms. The van der Waals surface area contributed by atoms with Crippen LogP contribution in [0.1, 0.15) is 12.8 Å². The quantitative estimate of drug-likeness (QED) is 0.883. The minimum absolute atomic E-state index is 0.0447. The van der Waals surface area contributed by atoms with Crippen molar-refractivity contribution >= 4 is 15.7 Å². The van der Waals surface area contributed by atoms with Crippen molar-refractivity contribution < 1.29 is 13.2 Å². The first-order valence-corrected chi connectivity index (χ1v) is 7.82. The summed E-state index contributed by atoms with van der Waals surface area (Å²) in [6, 6.07) is 1.67. The number of pyridine rings is 1. The lowest BCUT2D eigenvalue weighted by Gasteiger charge is -2.31. The molecule has 2 aliphatic heterocycles. The molecular weight excluding hydrogens is 266 g/mol. The van der Waals surface area contributed by atoms with Crippen molar-refractivity contribution in [3.05, 3.63) is 18.5 Å². The molecule has 2 bridgehead atoms. The Kier molecular flexibility index (Phi) is 3.20. The molecule has 1 N–H and O–H groups in total. The summed E-state index contributed by atoms with van der Waals surface area (Å²) in [6.07, 6.45) is 4.96. The normalized spacial score (nSPS) is 27.4. The van der Waals surface area contributed by atoms with Crippen LogP contribution in [0.4, 0.5) is 5.69 Å². The van der Waals surface area contributed by atoms with Crippen LogP contribution in [0.2, 0.25) is 0 Å². The zero-order valence-corrected chi connectivity index (χ0v) is 11.6. The summed E-state index contributed by atoms with van der Waals surface area (Å²) in [4.78, 5) is 4.17. The Morgan fingerprint density at radius 3 is 2.68 bits per heavy atom. The molecule has 1 aromatic heterocycles. The van der Waals surface area contributed by atoms with Gasteiger partial charge in [-0.15, -0.1) is 0 Å². The Hall–Kier alpha value is -1.18. The van der Waals surface area contributed by atoms with E-state index in [-0.39, 0.29) is 17.1 Å². The van der Waals surface area contributed by atoms with Gasteiger partial charge in [0.15, 0.2) is 0 Å². The van der Waals surface area contributed by atoms with Gasteiger partial charge in [0.2, 0.25) is 10.0 Å². The summed E-state index contributed by atoms with van der Waals surface area (Å²) in [7, 11) is -1.80. The molecule has 104 valence electrons. The van der Waals surface area contributed by atoms with Crippen LogP contribution in [0.5, 0.6) is 0 Å². The van der Waals surface area contributed by atoms with E-state index >= 15 is 0 Å². The Morgan fingerprint density at radius 1 is 1.37 bits per heavy atom. The van der Waals surface area contributed by atoms with Gasteiger partial charge in [0, 0.05) is 32.5 Å². The van der Waals surface area contributed by atoms with Crippen molar-refractivity contribution in [1.29, 1.82) is 0 Å². The van der Waals surface area contributed by atoms with Gasteiger partial charge < -0.3 is 10.1 Å². The fourth-order valence-corrected chi connectivity index (χ4v) is 4.35. The fraction of sp³-hybridized carbons (Fsp3) is 0.583. The first-order valence-electron chi connectivity index (χ1n) is 6.38. The Balaban J connectivity index is 1.94. The molecule has 1 aromatic rings. The standard InChI is InChI=1S/C12H17N3O3S/c1-13-11-4-5-14-6-12(11)19(16,17)15-7-9-2-3-10(8-15)18-9/h4-6,9-10H,2-3,7-8H2,1H3,(H,13,14). The second kappa shape index (κ2) is 4.73. The maximum Gasteiger partial charge on any atom is 0.246 e. The van der Waals surface area contributed by atoms with Crippen LogP contribution in [-0.4, -0.2) is 50.1 Å². The molecule has 0 radical (unpaired) electrons. The van der Waals surface area contributed by atoms with E-state index < -0.39 is 10.0 Å². The van der Waals surface area contributed by atoms with Crippen LogP contribution < -0.4 is 5.32 Å². The highest BCUT2D eigenvalue weighted by Crippen LogP contribution is 2.31. The van der Waals surface area contributed by atoms with Crippen molar-refractivity contribution in [2.24, 2.45) is 0 Å². The molecule has 0 aromatic carbocycles. The number of aromatic nitrogens is 1. The zero-order valence-electron chi connectivity index (χ0n) is 10.7. The van der Waals surface area contributed by atoms with Crippen LogP contribution in [0.3, 0.4) is 0 Å². The molecule has 2 unspecified atom stereocenters. The van der Waals surface area contributed by atoms with Gasteiger partial charge in [0.05, 0.1) is 17.9 Å². The summed E-state index contributed by atoms with van der Waals surface area (Å²) >= 11 is 0. The predicted octanol–water partition coefficient (Wildman–Crippen LogP) is 0.675. The lowest BCUT2D eigenvalue weighted by Crippen LogP contribution is -2.45. The van der Waals surface area contributed by atoms with Gasteiger partial charge in [-0.1, -0.05) is 0 Å². The molecular formula is C12H17N3O3S. The van der Waals surface area contributed by atoms with Crippen molar-refractivity contribution in [1.82, 2.24) is 9.29 Å². The molecule has 0 amide bonds. The maximum atomic E-state index is 12.7. The fourth-order valence-electron chi connectivity index (χ4n) is 2.70. The third-order valence-corrected chi connectivity index (χ3v) is 5.54. The summed E-state index contributed by atoms with van der Waals surface area (Å²) in [5.41, 5.74) is 0.578. The average Bonchev–Trinajstić information content (AvgIpc) is 2.77. The Labute approximate surface area is 112 Å². The molecule has 2 fully saturated rings. The summed E-state index contributed by atoms with van der Waals surface area (Å²) < 4.78 is 32.6. The second-order valence-corrected chi connectivity index (χ2v) is 6.81. The van der Waals surface area contributed by atoms with E-state index in [1.165, 1.54) is 10.5 Å². The van der Waals surface area contributed by atoms with Crippen molar-refractivity contribution in [3.63, 3.8) is 0 Å². The zero-order chi connectivity index (χ0) is 13.5. The first-order chi connectivity index (χ1) is 9.11. The minimum Gasteiger partial charge on any atom is -0.387 e. The van der Waals surface area contributed by atoms with E-state index in [1.54, 1.807) is 19.3 Å². The number of hydrogen-bond donors (Lipinski definition) is 1.